The minimum atomic E-state index is 0. The van der Waals surface area contributed by atoms with E-state index in [1.807, 2.05) is 4.90 Å². The number of hydrogen-bond acceptors (Lipinski definition) is 2. The average molecular weight is 191 g/mol. The summed E-state index contributed by atoms with van der Waals surface area (Å²) in [5.41, 5.74) is 0. The lowest BCUT2D eigenvalue weighted by atomic mass is 9.93. The first-order valence-electron chi connectivity index (χ1n) is 4.33. The lowest BCUT2D eigenvalue weighted by Gasteiger charge is -2.32. The molecule has 0 aromatic carbocycles. The van der Waals surface area contributed by atoms with E-state index in [0.717, 1.165) is 32.0 Å². The Kier molecular flexibility index (Phi) is 3.35. The van der Waals surface area contributed by atoms with E-state index in [0.29, 0.717) is 6.04 Å². The van der Waals surface area contributed by atoms with Crippen LogP contribution in [-0.2, 0) is 4.79 Å². The summed E-state index contributed by atoms with van der Waals surface area (Å²) in [6, 6.07) is 0.592. The molecule has 0 aromatic rings. The number of carbonyl (C=O) groups excluding carboxylic acids is 1. The predicted octanol–water partition coefficient (Wildman–Crippen LogP) is 0.248. The highest BCUT2D eigenvalue weighted by atomic mass is 35.5. The maximum Gasteiger partial charge on any atom is 0.209 e. The number of likely N-dealkylation sites (tertiary alicyclic amines) is 1. The summed E-state index contributed by atoms with van der Waals surface area (Å²) in [5, 5.41) is 3.42. The Balaban J connectivity index is 0.000000720. The maximum atomic E-state index is 10.4. The molecular formula is C8H15ClN2O. The molecule has 12 heavy (non-hydrogen) atoms. The van der Waals surface area contributed by atoms with Gasteiger partial charge in [0.2, 0.25) is 6.41 Å². The molecule has 1 N–H and O–H groups in total. The maximum absolute atomic E-state index is 10.4. The largest absolute Gasteiger partial charge is 0.344 e. The minimum absolute atomic E-state index is 0. The molecule has 0 radical (unpaired) electrons. The van der Waals surface area contributed by atoms with Crippen LogP contribution in [0.5, 0.6) is 0 Å². The summed E-state index contributed by atoms with van der Waals surface area (Å²) in [6.45, 7) is 3.03. The second-order valence-corrected chi connectivity index (χ2v) is 3.50. The molecule has 2 atom stereocenters. The van der Waals surface area contributed by atoms with Gasteiger partial charge in [0.15, 0.2) is 0 Å². The highest BCUT2D eigenvalue weighted by Crippen LogP contribution is 2.23. The van der Waals surface area contributed by atoms with Crippen molar-refractivity contribution in [3.63, 3.8) is 0 Å². The van der Waals surface area contributed by atoms with Crippen molar-refractivity contribution in [2.24, 2.45) is 5.92 Å². The second kappa shape index (κ2) is 4.10. The fourth-order valence-corrected chi connectivity index (χ4v) is 2.15. The SMILES string of the molecule is Cl.O=CN1CC[C@@H]2CCN[C@@H]2C1. The van der Waals surface area contributed by atoms with E-state index in [4.69, 9.17) is 0 Å². The van der Waals surface area contributed by atoms with Gasteiger partial charge in [-0.25, -0.2) is 0 Å². The highest BCUT2D eigenvalue weighted by molar-refractivity contribution is 5.85. The number of piperidine rings is 1. The van der Waals surface area contributed by atoms with Gasteiger partial charge in [-0.1, -0.05) is 0 Å². The normalized spacial score (nSPS) is 33.8. The molecule has 2 fully saturated rings. The molecule has 2 heterocycles. The number of rotatable bonds is 1. The quantitative estimate of drug-likeness (QED) is 0.602. The molecule has 1 amide bonds. The smallest absolute Gasteiger partial charge is 0.209 e. The molecule has 0 aromatic heterocycles. The molecule has 2 rings (SSSR count). The third-order valence-corrected chi connectivity index (χ3v) is 2.86. The van der Waals surface area contributed by atoms with E-state index < -0.39 is 0 Å². The molecule has 0 aliphatic carbocycles. The van der Waals surface area contributed by atoms with Gasteiger partial charge >= 0.3 is 0 Å². The number of nitrogens with zero attached hydrogens (tertiary/aromatic N) is 1. The number of fused-ring (bicyclic) bond motifs is 1. The monoisotopic (exact) mass is 190 g/mol. The van der Waals surface area contributed by atoms with Crippen molar-refractivity contribution in [1.29, 1.82) is 0 Å². The van der Waals surface area contributed by atoms with Gasteiger partial charge in [-0.15, -0.1) is 12.4 Å². The van der Waals surface area contributed by atoms with E-state index in [2.05, 4.69) is 5.32 Å². The molecule has 3 nitrogen and oxygen atoms in total. The number of carbonyl (C=O) groups is 1. The van der Waals surface area contributed by atoms with Gasteiger partial charge in [-0.2, -0.15) is 0 Å². The standard InChI is InChI=1S/C8H14N2O.ClH/c11-6-10-4-2-7-1-3-9-8(7)5-10;/h6-9H,1-5H2;1H/t7-,8+;/m0./s1. The van der Waals surface area contributed by atoms with E-state index in [9.17, 15) is 4.79 Å². The number of nitrogens with one attached hydrogen (secondary N) is 1. The summed E-state index contributed by atoms with van der Waals surface area (Å²) in [5.74, 6) is 0.839. The summed E-state index contributed by atoms with van der Waals surface area (Å²) < 4.78 is 0. The molecule has 0 unspecified atom stereocenters. The van der Waals surface area contributed by atoms with Gasteiger partial charge in [0.05, 0.1) is 0 Å². The lowest BCUT2D eigenvalue weighted by Crippen LogP contribution is -2.45. The van der Waals surface area contributed by atoms with Crippen LogP contribution < -0.4 is 5.32 Å². The van der Waals surface area contributed by atoms with Crippen LogP contribution in [-0.4, -0.2) is 37.0 Å². The van der Waals surface area contributed by atoms with Crippen molar-refractivity contribution in [3.8, 4) is 0 Å². The number of halogens is 1. The molecule has 0 spiro atoms. The first-order chi connectivity index (χ1) is 5.40. The topological polar surface area (TPSA) is 32.3 Å². The lowest BCUT2D eigenvalue weighted by molar-refractivity contribution is -0.119. The summed E-state index contributed by atoms with van der Waals surface area (Å²) in [4.78, 5) is 12.3. The van der Waals surface area contributed by atoms with E-state index in [1.165, 1.54) is 12.8 Å². The van der Waals surface area contributed by atoms with Crippen LogP contribution in [0, 0.1) is 5.92 Å². The molecule has 0 bridgehead atoms. The third-order valence-electron chi connectivity index (χ3n) is 2.86. The van der Waals surface area contributed by atoms with Crippen molar-refractivity contribution < 1.29 is 4.79 Å². The van der Waals surface area contributed by atoms with Crippen molar-refractivity contribution >= 4 is 18.8 Å². The molecule has 70 valence electrons. The summed E-state index contributed by atoms with van der Waals surface area (Å²) >= 11 is 0. The first-order valence-corrected chi connectivity index (χ1v) is 4.33. The predicted molar refractivity (Wildman–Crippen MR) is 49.4 cm³/mol. The summed E-state index contributed by atoms with van der Waals surface area (Å²) in [7, 11) is 0. The van der Waals surface area contributed by atoms with Crippen molar-refractivity contribution in [2.45, 2.75) is 18.9 Å². The number of hydrogen-bond donors (Lipinski definition) is 1. The fourth-order valence-electron chi connectivity index (χ4n) is 2.15. The van der Waals surface area contributed by atoms with Crippen molar-refractivity contribution in [3.05, 3.63) is 0 Å². The second-order valence-electron chi connectivity index (χ2n) is 3.50. The van der Waals surface area contributed by atoms with E-state index in [1.54, 1.807) is 0 Å². The third kappa shape index (κ3) is 1.72. The molecule has 2 saturated heterocycles. The Hall–Kier alpha value is -0.280. The Morgan fingerprint density at radius 1 is 1.42 bits per heavy atom. The Bertz CT molecular complexity index is 165. The Morgan fingerprint density at radius 2 is 2.25 bits per heavy atom. The van der Waals surface area contributed by atoms with E-state index in [-0.39, 0.29) is 12.4 Å². The molecule has 2 aliphatic rings. The van der Waals surface area contributed by atoms with Crippen molar-refractivity contribution in [2.75, 3.05) is 19.6 Å². The van der Waals surface area contributed by atoms with E-state index >= 15 is 0 Å². The van der Waals surface area contributed by atoms with Crippen LogP contribution in [0.15, 0.2) is 0 Å². The van der Waals surface area contributed by atoms with Gasteiger partial charge in [-0.05, 0) is 25.3 Å². The zero-order valence-corrected chi connectivity index (χ0v) is 7.85. The highest BCUT2D eigenvalue weighted by Gasteiger charge is 2.31. The van der Waals surface area contributed by atoms with Crippen LogP contribution in [0.25, 0.3) is 0 Å². The average Bonchev–Trinajstić information content (AvgIpc) is 2.50. The van der Waals surface area contributed by atoms with Gasteiger partial charge in [0.25, 0.3) is 0 Å². The van der Waals surface area contributed by atoms with Gasteiger partial charge in [0, 0.05) is 19.1 Å². The fraction of sp³-hybridized carbons (Fsp3) is 0.875. The van der Waals surface area contributed by atoms with Crippen LogP contribution >= 0.6 is 12.4 Å². The van der Waals surface area contributed by atoms with Gasteiger partial charge in [-0.3, -0.25) is 4.79 Å². The van der Waals surface area contributed by atoms with Crippen LogP contribution in [0.3, 0.4) is 0 Å². The van der Waals surface area contributed by atoms with Gasteiger partial charge in [0.1, 0.15) is 0 Å². The van der Waals surface area contributed by atoms with Crippen LogP contribution in [0.1, 0.15) is 12.8 Å². The molecule has 4 heteroatoms. The Labute approximate surface area is 78.9 Å². The molecule has 0 saturated carbocycles. The number of amides is 1. The minimum Gasteiger partial charge on any atom is -0.344 e. The van der Waals surface area contributed by atoms with Gasteiger partial charge < -0.3 is 10.2 Å². The summed E-state index contributed by atoms with van der Waals surface area (Å²) in [6.07, 6.45) is 3.46. The first kappa shape index (κ1) is 9.81. The Morgan fingerprint density at radius 3 is 3.00 bits per heavy atom. The van der Waals surface area contributed by atoms with Crippen LogP contribution in [0.4, 0.5) is 0 Å². The van der Waals surface area contributed by atoms with Crippen molar-refractivity contribution in [1.82, 2.24) is 10.2 Å². The zero-order chi connectivity index (χ0) is 7.68. The van der Waals surface area contributed by atoms with Crippen LogP contribution in [0.2, 0.25) is 0 Å². The molecular weight excluding hydrogens is 176 g/mol. The molecule has 2 aliphatic heterocycles. The zero-order valence-electron chi connectivity index (χ0n) is 7.03.